The van der Waals surface area contributed by atoms with Crippen LogP contribution in [0, 0.1) is 0 Å². The molecule has 1 unspecified atom stereocenters. The fraction of sp³-hybridized carbons (Fsp3) is 0.467. The van der Waals surface area contributed by atoms with Gasteiger partial charge in [0.1, 0.15) is 6.04 Å². The Morgan fingerprint density at radius 3 is 2.90 bits per heavy atom. The number of ether oxygens (including phenoxy) is 1. The van der Waals surface area contributed by atoms with E-state index in [1.54, 1.807) is 25.1 Å². The molecule has 0 bridgehead atoms. The Bertz CT molecular complexity index is 685. The van der Waals surface area contributed by atoms with Crippen molar-refractivity contribution in [3.63, 3.8) is 0 Å². The Hall–Kier alpha value is -2.08. The zero-order valence-corrected chi connectivity index (χ0v) is 12.2. The van der Waals surface area contributed by atoms with Gasteiger partial charge in [0.25, 0.3) is 0 Å². The van der Waals surface area contributed by atoms with E-state index >= 15 is 0 Å². The van der Waals surface area contributed by atoms with Gasteiger partial charge in [0, 0.05) is 0 Å². The zero-order chi connectivity index (χ0) is 15.4. The van der Waals surface area contributed by atoms with Crippen LogP contribution in [0.15, 0.2) is 27.4 Å². The second kappa shape index (κ2) is 6.58. The van der Waals surface area contributed by atoms with Crippen LogP contribution in [0.25, 0.3) is 11.1 Å². The second-order valence-electron chi connectivity index (χ2n) is 4.90. The molecule has 1 aromatic heterocycles. The molecule has 2 rings (SSSR count). The smallest absolute Gasteiger partial charge is 0.420 e. The van der Waals surface area contributed by atoms with Crippen LogP contribution in [-0.2, 0) is 16.1 Å². The van der Waals surface area contributed by atoms with Crippen LogP contribution in [0.1, 0.15) is 38.3 Å². The molecule has 0 saturated carbocycles. The largest absolute Gasteiger partial charge is 0.464 e. The molecule has 1 aromatic carbocycles. The fourth-order valence-electron chi connectivity index (χ4n) is 2.09. The van der Waals surface area contributed by atoms with E-state index in [1.165, 1.54) is 4.57 Å². The van der Waals surface area contributed by atoms with Crippen LogP contribution in [0.4, 0.5) is 0 Å². The Morgan fingerprint density at radius 1 is 1.48 bits per heavy atom. The van der Waals surface area contributed by atoms with Crippen LogP contribution in [0.2, 0.25) is 0 Å². The van der Waals surface area contributed by atoms with Gasteiger partial charge in [0.2, 0.25) is 0 Å². The SMILES string of the molecule is CCCCOC(=O)C(C)n1c(=O)oc2ccc(CO)cc21. The van der Waals surface area contributed by atoms with Crippen molar-refractivity contribution in [1.29, 1.82) is 0 Å². The van der Waals surface area contributed by atoms with Crippen molar-refractivity contribution in [2.45, 2.75) is 39.3 Å². The van der Waals surface area contributed by atoms with Crippen LogP contribution in [0.3, 0.4) is 0 Å². The van der Waals surface area contributed by atoms with Crippen LogP contribution in [-0.4, -0.2) is 22.2 Å². The van der Waals surface area contributed by atoms with Crippen molar-refractivity contribution in [1.82, 2.24) is 4.57 Å². The summed E-state index contributed by atoms with van der Waals surface area (Å²) >= 11 is 0. The van der Waals surface area contributed by atoms with Crippen molar-refractivity contribution >= 4 is 17.1 Å². The first kappa shape index (κ1) is 15.3. The van der Waals surface area contributed by atoms with E-state index < -0.39 is 17.8 Å². The van der Waals surface area contributed by atoms with Crippen LogP contribution < -0.4 is 5.76 Å². The molecule has 0 radical (unpaired) electrons. The molecule has 6 heteroatoms. The zero-order valence-electron chi connectivity index (χ0n) is 12.2. The molecular weight excluding hydrogens is 274 g/mol. The molecule has 1 atom stereocenters. The predicted molar refractivity (Wildman–Crippen MR) is 77.0 cm³/mol. The van der Waals surface area contributed by atoms with Gasteiger partial charge in [-0.05, 0) is 31.0 Å². The van der Waals surface area contributed by atoms with Crippen molar-refractivity contribution < 1.29 is 19.1 Å². The Morgan fingerprint density at radius 2 is 2.24 bits per heavy atom. The van der Waals surface area contributed by atoms with E-state index in [2.05, 4.69) is 0 Å². The number of hydrogen-bond donors (Lipinski definition) is 1. The van der Waals surface area contributed by atoms with Gasteiger partial charge in [-0.25, -0.2) is 9.59 Å². The number of esters is 1. The number of carbonyl (C=O) groups is 1. The molecule has 1 heterocycles. The third-order valence-corrected chi connectivity index (χ3v) is 3.33. The highest BCUT2D eigenvalue weighted by Gasteiger charge is 2.22. The van der Waals surface area contributed by atoms with E-state index in [0.29, 0.717) is 23.3 Å². The second-order valence-corrected chi connectivity index (χ2v) is 4.90. The Kier molecular flexibility index (Phi) is 4.80. The monoisotopic (exact) mass is 293 g/mol. The molecule has 0 amide bonds. The third kappa shape index (κ3) is 3.16. The lowest BCUT2D eigenvalue weighted by atomic mass is 10.2. The first-order valence-corrected chi connectivity index (χ1v) is 7.00. The van der Waals surface area contributed by atoms with Gasteiger partial charge in [-0.2, -0.15) is 0 Å². The van der Waals surface area contributed by atoms with Gasteiger partial charge >= 0.3 is 11.7 Å². The molecule has 0 aliphatic heterocycles. The maximum absolute atomic E-state index is 12.0. The minimum atomic E-state index is -0.774. The van der Waals surface area contributed by atoms with Gasteiger partial charge < -0.3 is 14.3 Å². The first-order valence-electron chi connectivity index (χ1n) is 7.00. The lowest BCUT2D eigenvalue weighted by molar-refractivity contribution is -0.147. The molecule has 2 aromatic rings. The number of carbonyl (C=O) groups excluding carboxylic acids is 1. The highest BCUT2D eigenvalue weighted by molar-refractivity contribution is 5.79. The highest BCUT2D eigenvalue weighted by Crippen LogP contribution is 2.19. The quantitative estimate of drug-likeness (QED) is 0.650. The van der Waals surface area contributed by atoms with Crippen molar-refractivity contribution in [2.24, 2.45) is 0 Å². The number of unbranched alkanes of at least 4 members (excludes halogenated alkanes) is 1. The number of hydrogen-bond acceptors (Lipinski definition) is 5. The summed E-state index contributed by atoms with van der Waals surface area (Å²) in [5.74, 6) is -1.08. The maximum Gasteiger partial charge on any atom is 0.420 e. The number of aliphatic hydroxyl groups is 1. The van der Waals surface area contributed by atoms with Crippen LogP contribution in [0.5, 0.6) is 0 Å². The van der Waals surface area contributed by atoms with E-state index in [1.807, 2.05) is 6.92 Å². The Balaban J connectivity index is 2.33. The Labute approximate surface area is 121 Å². The molecule has 0 fully saturated rings. The predicted octanol–water partition coefficient (Wildman–Crippen LogP) is 1.99. The summed E-state index contributed by atoms with van der Waals surface area (Å²) in [6.45, 7) is 3.79. The summed E-state index contributed by atoms with van der Waals surface area (Å²) in [5, 5.41) is 9.18. The summed E-state index contributed by atoms with van der Waals surface area (Å²) in [4.78, 5) is 23.9. The number of oxazole rings is 1. The van der Waals surface area contributed by atoms with Gasteiger partial charge in [-0.3, -0.25) is 4.57 Å². The third-order valence-electron chi connectivity index (χ3n) is 3.33. The molecule has 0 aliphatic rings. The summed E-state index contributed by atoms with van der Waals surface area (Å²) in [5.41, 5.74) is 1.50. The van der Waals surface area contributed by atoms with Gasteiger partial charge in [-0.1, -0.05) is 19.4 Å². The summed E-state index contributed by atoms with van der Waals surface area (Å²) in [6, 6.07) is 4.13. The molecule has 114 valence electrons. The van der Waals surface area contributed by atoms with Gasteiger partial charge in [0.05, 0.1) is 18.7 Å². The number of aliphatic hydroxyl groups excluding tert-OH is 1. The normalized spacial score (nSPS) is 12.5. The number of nitrogens with zero attached hydrogens (tertiary/aromatic N) is 1. The summed E-state index contributed by atoms with van der Waals surface area (Å²) in [7, 11) is 0. The molecule has 0 spiro atoms. The summed E-state index contributed by atoms with van der Waals surface area (Å²) < 4.78 is 11.5. The average molecular weight is 293 g/mol. The molecule has 6 nitrogen and oxygen atoms in total. The lowest BCUT2D eigenvalue weighted by Gasteiger charge is -2.12. The highest BCUT2D eigenvalue weighted by atomic mass is 16.5. The van der Waals surface area contributed by atoms with E-state index in [4.69, 9.17) is 9.15 Å². The van der Waals surface area contributed by atoms with Crippen LogP contribution >= 0.6 is 0 Å². The fourth-order valence-corrected chi connectivity index (χ4v) is 2.09. The topological polar surface area (TPSA) is 81.7 Å². The van der Waals surface area contributed by atoms with E-state index in [0.717, 1.165) is 12.8 Å². The molecule has 21 heavy (non-hydrogen) atoms. The number of rotatable bonds is 6. The maximum atomic E-state index is 12.0. The number of aromatic nitrogens is 1. The minimum absolute atomic E-state index is 0.148. The van der Waals surface area contributed by atoms with Crippen molar-refractivity contribution in [2.75, 3.05) is 6.61 Å². The molecular formula is C15H19NO5. The molecule has 1 N–H and O–H groups in total. The minimum Gasteiger partial charge on any atom is -0.464 e. The number of benzene rings is 1. The first-order chi connectivity index (χ1) is 10.1. The van der Waals surface area contributed by atoms with Gasteiger partial charge in [-0.15, -0.1) is 0 Å². The van der Waals surface area contributed by atoms with E-state index in [-0.39, 0.29) is 6.61 Å². The average Bonchev–Trinajstić information content (AvgIpc) is 2.81. The van der Waals surface area contributed by atoms with Gasteiger partial charge in [0.15, 0.2) is 5.58 Å². The van der Waals surface area contributed by atoms with E-state index in [9.17, 15) is 14.7 Å². The number of fused-ring (bicyclic) bond motifs is 1. The lowest BCUT2D eigenvalue weighted by Crippen LogP contribution is -2.26. The standard InChI is InChI=1S/C15H19NO5/c1-3-4-7-20-14(18)10(2)16-12-8-11(9-17)5-6-13(12)21-15(16)19/h5-6,8,10,17H,3-4,7,9H2,1-2H3. The molecule has 0 aliphatic carbocycles. The van der Waals surface area contributed by atoms with Crippen molar-refractivity contribution in [3.8, 4) is 0 Å². The van der Waals surface area contributed by atoms with Crippen molar-refractivity contribution in [3.05, 3.63) is 34.3 Å². The summed E-state index contributed by atoms with van der Waals surface area (Å²) in [6.07, 6.45) is 1.71. The molecule has 0 saturated heterocycles.